The summed E-state index contributed by atoms with van der Waals surface area (Å²) >= 11 is 0. The van der Waals surface area contributed by atoms with Crippen molar-refractivity contribution in [3.63, 3.8) is 0 Å². The summed E-state index contributed by atoms with van der Waals surface area (Å²) in [4.78, 5) is 23.5. The van der Waals surface area contributed by atoms with Crippen molar-refractivity contribution in [1.82, 2.24) is 19.9 Å². The van der Waals surface area contributed by atoms with Crippen molar-refractivity contribution in [2.24, 2.45) is 0 Å². The Morgan fingerprint density at radius 2 is 2.14 bits per heavy atom. The van der Waals surface area contributed by atoms with E-state index in [-0.39, 0.29) is 11.5 Å². The van der Waals surface area contributed by atoms with Crippen molar-refractivity contribution in [3.8, 4) is 0 Å². The number of imidazole rings is 1. The molecule has 0 aliphatic carbocycles. The lowest BCUT2D eigenvalue weighted by Crippen LogP contribution is -2.10. The second kappa shape index (κ2) is 4.40. The topological polar surface area (TPSA) is 100 Å². The van der Waals surface area contributed by atoms with Crippen LogP contribution in [0.3, 0.4) is 0 Å². The molecule has 0 unspecified atom stereocenters. The highest BCUT2D eigenvalue weighted by molar-refractivity contribution is 5.69. The molecule has 0 aliphatic rings. The van der Waals surface area contributed by atoms with E-state index in [0.717, 1.165) is 0 Å². The van der Waals surface area contributed by atoms with Gasteiger partial charge >= 0.3 is 0 Å². The number of rotatable bonds is 0. The van der Waals surface area contributed by atoms with E-state index < -0.39 is 0 Å². The number of H-pyrrole nitrogens is 2. The van der Waals surface area contributed by atoms with E-state index in [1.165, 1.54) is 12.7 Å². The summed E-state index contributed by atoms with van der Waals surface area (Å²) in [5.41, 5.74) is 5.65. The Hall–Kier alpha value is -1.85. The average molecular weight is 195 g/mol. The van der Waals surface area contributed by atoms with Crippen molar-refractivity contribution in [2.45, 2.75) is 20.3 Å². The van der Waals surface area contributed by atoms with Crippen LogP contribution in [-0.4, -0.2) is 19.9 Å². The number of anilines is 1. The normalized spacial score (nSPS) is 9.57. The van der Waals surface area contributed by atoms with E-state index in [9.17, 15) is 4.79 Å². The number of nitrogens with one attached hydrogen (secondary N) is 2. The smallest absolute Gasteiger partial charge is 0.278 e. The van der Waals surface area contributed by atoms with Gasteiger partial charge in [0.25, 0.3) is 5.56 Å². The van der Waals surface area contributed by atoms with Crippen LogP contribution in [-0.2, 0) is 0 Å². The van der Waals surface area contributed by atoms with Gasteiger partial charge in [0.15, 0.2) is 11.2 Å². The number of nitrogens with zero attached hydrogens (tertiary/aromatic N) is 2. The summed E-state index contributed by atoms with van der Waals surface area (Å²) in [7, 11) is 0. The highest BCUT2D eigenvalue weighted by Gasteiger charge is 2.01. The molecular formula is C8H13N5O. The third-order valence-electron chi connectivity index (χ3n) is 1.31. The fraction of sp³-hybridized carbons (Fsp3) is 0.375. The van der Waals surface area contributed by atoms with Gasteiger partial charge in [-0.25, -0.2) is 4.98 Å². The quantitative estimate of drug-likeness (QED) is 0.574. The highest BCUT2D eigenvalue weighted by Crippen LogP contribution is 1.98. The van der Waals surface area contributed by atoms with E-state index >= 15 is 0 Å². The SMILES string of the molecule is CCC.Nc1nc2nc[nH]c2c(=O)[nH]1. The van der Waals surface area contributed by atoms with E-state index in [0.29, 0.717) is 11.2 Å². The van der Waals surface area contributed by atoms with Gasteiger partial charge in [0.1, 0.15) is 0 Å². The van der Waals surface area contributed by atoms with Gasteiger partial charge in [-0.3, -0.25) is 9.78 Å². The summed E-state index contributed by atoms with van der Waals surface area (Å²) in [5, 5.41) is 0. The molecule has 0 saturated heterocycles. The Morgan fingerprint density at radius 1 is 1.50 bits per heavy atom. The van der Waals surface area contributed by atoms with E-state index in [2.05, 4.69) is 33.8 Å². The van der Waals surface area contributed by atoms with E-state index in [1.54, 1.807) is 0 Å². The van der Waals surface area contributed by atoms with Crippen molar-refractivity contribution >= 4 is 17.1 Å². The van der Waals surface area contributed by atoms with Gasteiger partial charge in [-0.2, -0.15) is 4.98 Å². The number of fused-ring (bicyclic) bond motifs is 1. The van der Waals surface area contributed by atoms with E-state index in [4.69, 9.17) is 5.73 Å². The first-order chi connectivity index (χ1) is 6.69. The minimum atomic E-state index is -0.301. The van der Waals surface area contributed by atoms with Crippen LogP contribution in [0.2, 0.25) is 0 Å². The van der Waals surface area contributed by atoms with Crippen LogP contribution in [0.1, 0.15) is 20.3 Å². The van der Waals surface area contributed by atoms with Gasteiger partial charge in [-0.05, 0) is 0 Å². The van der Waals surface area contributed by atoms with Crippen LogP contribution in [0.15, 0.2) is 11.1 Å². The number of hydrogen-bond donors (Lipinski definition) is 3. The van der Waals surface area contributed by atoms with Crippen LogP contribution >= 0.6 is 0 Å². The Labute approximate surface area is 80.6 Å². The van der Waals surface area contributed by atoms with Crippen LogP contribution in [0.25, 0.3) is 11.2 Å². The van der Waals surface area contributed by atoms with Crippen molar-refractivity contribution in [2.75, 3.05) is 5.73 Å². The van der Waals surface area contributed by atoms with Crippen LogP contribution in [0.4, 0.5) is 5.95 Å². The Balaban J connectivity index is 0.000000293. The van der Waals surface area contributed by atoms with Gasteiger partial charge < -0.3 is 10.7 Å². The zero-order chi connectivity index (χ0) is 10.6. The number of nitrogen functional groups attached to an aromatic ring is 1. The lowest BCUT2D eigenvalue weighted by Gasteiger charge is -1.89. The third-order valence-corrected chi connectivity index (χ3v) is 1.31. The molecule has 0 amide bonds. The average Bonchev–Trinajstić information content (AvgIpc) is 2.53. The van der Waals surface area contributed by atoms with Gasteiger partial charge in [0.2, 0.25) is 5.95 Å². The Kier molecular flexibility index (Phi) is 3.22. The molecule has 14 heavy (non-hydrogen) atoms. The van der Waals surface area contributed by atoms with Gasteiger partial charge in [0, 0.05) is 0 Å². The predicted molar refractivity (Wildman–Crippen MR) is 54.9 cm³/mol. The molecule has 2 heterocycles. The summed E-state index contributed by atoms with van der Waals surface area (Å²) in [6.45, 7) is 4.25. The highest BCUT2D eigenvalue weighted by atomic mass is 16.1. The molecule has 2 rings (SSSR count). The molecule has 0 saturated carbocycles. The molecule has 6 heteroatoms. The molecule has 0 aromatic carbocycles. The van der Waals surface area contributed by atoms with Gasteiger partial charge in [0.05, 0.1) is 6.33 Å². The molecule has 0 fully saturated rings. The molecule has 0 atom stereocenters. The van der Waals surface area contributed by atoms with Gasteiger partial charge in [-0.1, -0.05) is 20.3 Å². The van der Waals surface area contributed by atoms with E-state index in [1.807, 2.05) is 0 Å². The standard InChI is InChI=1S/C5H5N5O.C3H8/c6-5-9-3-2(4(11)10-5)7-1-8-3;1-3-2/h1H,(H4,6,7,8,9,10,11);3H2,1-2H3. The lowest BCUT2D eigenvalue weighted by molar-refractivity contribution is 1.09. The van der Waals surface area contributed by atoms with Crippen molar-refractivity contribution < 1.29 is 0 Å². The zero-order valence-corrected chi connectivity index (χ0v) is 8.16. The van der Waals surface area contributed by atoms with Crippen LogP contribution in [0.5, 0.6) is 0 Å². The monoisotopic (exact) mass is 195 g/mol. The fourth-order valence-corrected chi connectivity index (χ4v) is 0.860. The summed E-state index contributed by atoms with van der Waals surface area (Å²) in [6.07, 6.45) is 2.65. The second-order valence-electron chi connectivity index (χ2n) is 2.76. The zero-order valence-electron chi connectivity index (χ0n) is 8.16. The van der Waals surface area contributed by atoms with Crippen molar-refractivity contribution in [3.05, 3.63) is 16.7 Å². The summed E-state index contributed by atoms with van der Waals surface area (Å²) < 4.78 is 0. The molecule has 0 spiro atoms. The molecule has 6 nitrogen and oxygen atoms in total. The lowest BCUT2D eigenvalue weighted by atomic mass is 10.5. The third kappa shape index (κ3) is 2.09. The van der Waals surface area contributed by atoms with Crippen LogP contribution < -0.4 is 11.3 Å². The van der Waals surface area contributed by atoms with Crippen molar-refractivity contribution in [1.29, 1.82) is 0 Å². The molecule has 4 N–H and O–H groups in total. The largest absolute Gasteiger partial charge is 0.369 e. The fourth-order valence-electron chi connectivity index (χ4n) is 0.860. The maximum Gasteiger partial charge on any atom is 0.278 e. The Morgan fingerprint density at radius 3 is 2.79 bits per heavy atom. The molecule has 0 radical (unpaired) electrons. The first kappa shape index (κ1) is 10.2. The first-order valence-corrected chi connectivity index (χ1v) is 4.37. The van der Waals surface area contributed by atoms with Gasteiger partial charge in [-0.15, -0.1) is 0 Å². The number of hydrogen-bond acceptors (Lipinski definition) is 4. The summed E-state index contributed by atoms with van der Waals surface area (Å²) in [5.74, 6) is 0.0783. The minimum absolute atomic E-state index is 0.0783. The molecule has 76 valence electrons. The number of nitrogens with two attached hydrogens (primary N) is 1. The minimum Gasteiger partial charge on any atom is -0.369 e. The molecule has 0 bridgehead atoms. The number of aromatic nitrogens is 4. The predicted octanol–water partition coefficient (Wildman–Crippen LogP) is 0.645. The van der Waals surface area contributed by atoms with Crippen LogP contribution in [0, 0.1) is 0 Å². The molecule has 0 aliphatic heterocycles. The molecule has 2 aromatic heterocycles. The number of aromatic amines is 2. The molecular weight excluding hydrogens is 182 g/mol. The summed E-state index contributed by atoms with van der Waals surface area (Å²) in [6, 6.07) is 0. The second-order valence-corrected chi connectivity index (χ2v) is 2.76. The molecule has 2 aromatic rings. The maximum atomic E-state index is 11.0. The Bertz CT molecular complexity index is 458. The first-order valence-electron chi connectivity index (χ1n) is 4.37. The maximum absolute atomic E-state index is 11.0.